The van der Waals surface area contributed by atoms with Gasteiger partial charge in [0.05, 0.1) is 23.6 Å². The molecule has 1 fully saturated rings. The van der Waals surface area contributed by atoms with Crippen LogP contribution in [0, 0.1) is 6.92 Å². The standard InChI is InChI=1S/C17H21N5O/c1-3-22-14-8-5-4-7-13(14)18-17(22)15-9-6-10-21(15)11-16-20-19-12(2)23-16/h4-5,7-8,15H,3,6,9-11H2,1-2H3/t15-/m0/s1. The van der Waals surface area contributed by atoms with Gasteiger partial charge in [0.15, 0.2) is 0 Å². The lowest BCUT2D eigenvalue weighted by atomic mass is 10.2. The van der Waals surface area contributed by atoms with E-state index in [-0.39, 0.29) is 0 Å². The molecule has 120 valence electrons. The maximum Gasteiger partial charge on any atom is 0.230 e. The third-order valence-electron chi connectivity index (χ3n) is 4.57. The minimum absolute atomic E-state index is 0.314. The van der Waals surface area contributed by atoms with Crippen molar-refractivity contribution in [2.75, 3.05) is 6.54 Å². The van der Waals surface area contributed by atoms with Crippen molar-refractivity contribution in [3.63, 3.8) is 0 Å². The monoisotopic (exact) mass is 311 g/mol. The van der Waals surface area contributed by atoms with Gasteiger partial charge >= 0.3 is 0 Å². The molecule has 3 heterocycles. The Morgan fingerprint density at radius 1 is 1.26 bits per heavy atom. The molecule has 4 rings (SSSR count). The molecule has 1 aromatic carbocycles. The third-order valence-corrected chi connectivity index (χ3v) is 4.57. The van der Waals surface area contributed by atoms with Gasteiger partial charge < -0.3 is 8.98 Å². The minimum atomic E-state index is 0.314. The SMILES string of the molecule is CCn1c([C@@H]2CCCN2Cc2nnc(C)o2)nc2ccccc21. The molecule has 3 aromatic rings. The molecule has 0 bridgehead atoms. The number of benzene rings is 1. The third kappa shape index (κ3) is 2.53. The summed E-state index contributed by atoms with van der Waals surface area (Å²) < 4.78 is 7.88. The van der Waals surface area contributed by atoms with E-state index in [1.165, 1.54) is 11.9 Å². The van der Waals surface area contributed by atoms with Crippen molar-refractivity contribution in [3.8, 4) is 0 Å². The molecule has 23 heavy (non-hydrogen) atoms. The Hall–Kier alpha value is -2.21. The van der Waals surface area contributed by atoms with Gasteiger partial charge in [-0.25, -0.2) is 4.98 Å². The zero-order valence-electron chi connectivity index (χ0n) is 13.6. The highest BCUT2D eigenvalue weighted by Crippen LogP contribution is 2.34. The quantitative estimate of drug-likeness (QED) is 0.741. The summed E-state index contributed by atoms with van der Waals surface area (Å²) in [5, 5.41) is 8.07. The van der Waals surface area contributed by atoms with Crippen molar-refractivity contribution in [3.05, 3.63) is 41.9 Å². The number of likely N-dealkylation sites (tertiary alicyclic amines) is 1. The number of nitrogens with zero attached hydrogens (tertiary/aromatic N) is 5. The van der Waals surface area contributed by atoms with Crippen LogP contribution in [0.15, 0.2) is 28.7 Å². The summed E-state index contributed by atoms with van der Waals surface area (Å²) >= 11 is 0. The molecule has 1 atom stereocenters. The van der Waals surface area contributed by atoms with Gasteiger partial charge in [-0.1, -0.05) is 12.1 Å². The van der Waals surface area contributed by atoms with Gasteiger partial charge in [0.1, 0.15) is 5.82 Å². The molecule has 2 aromatic heterocycles. The average Bonchev–Trinajstić information content (AvgIpc) is 3.25. The van der Waals surface area contributed by atoms with Crippen molar-refractivity contribution < 1.29 is 4.42 Å². The number of fused-ring (bicyclic) bond motifs is 1. The van der Waals surface area contributed by atoms with Crippen molar-refractivity contribution >= 4 is 11.0 Å². The molecule has 0 amide bonds. The summed E-state index contributed by atoms with van der Waals surface area (Å²) in [6.07, 6.45) is 2.29. The lowest BCUT2D eigenvalue weighted by Gasteiger charge is -2.23. The highest BCUT2D eigenvalue weighted by Gasteiger charge is 2.31. The van der Waals surface area contributed by atoms with Gasteiger partial charge in [-0.15, -0.1) is 10.2 Å². The van der Waals surface area contributed by atoms with E-state index in [0.717, 1.165) is 30.9 Å². The van der Waals surface area contributed by atoms with Crippen molar-refractivity contribution in [2.24, 2.45) is 0 Å². The largest absolute Gasteiger partial charge is 0.424 e. The zero-order valence-corrected chi connectivity index (χ0v) is 13.6. The summed E-state index contributed by atoms with van der Waals surface area (Å²) in [6, 6.07) is 8.68. The Morgan fingerprint density at radius 2 is 2.13 bits per heavy atom. The topological polar surface area (TPSA) is 60.0 Å². The Labute approximate surface area is 135 Å². The molecule has 0 spiro atoms. The molecule has 0 unspecified atom stereocenters. The number of rotatable bonds is 4. The Morgan fingerprint density at radius 3 is 2.91 bits per heavy atom. The van der Waals surface area contributed by atoms with Crippen LogP contribution in [-0.4, -0.2) is 31.2 Å². The van der Waals surface area contributed by atoms with Crippen LogP contribution in [0.5, 0.6) is 0 Å². The van der Waals surface area contributed by atoms with Gasteiger partial charge in [0.25, 0.3) is 0 Å². The summed E-state index contributed by atoms with van der Waals surface area (Å²) in [5.74, 6) is 2.47. The first-order chi connectivity index (χ1) is 11.3. The zero-order chi connectivity index (χ0) is 15.8. The molecular weight excluding hydrogens is 290 g/mol. The van der Waals surface area contributed by atoms with E-state index in [1.807, 2.05) is 13.0 Å². The summed E-state index contributed by atoms with van der Waals surface area (Å²) in [7, 11) is 0. The van der Waals surface area contributed by atoms with Crippen LogP contribution in [-0.2, 0) is 13.1 Å². The number of imidazole rings is 1. The van der Waals surface area contributed by atoms with E-state index in [2.05, 4.69) is 44.8 Å². The summed E-state index contributed by atoms with van der Waals surface area (Å²) in [5.41, 5.74) is 2.29. The van der Waals surface area contributed by atoms with E-state index >= 15 is 0 Å². The first kappa shape index (κ1) is 14.4. The molecule has 0 saturated carbocycles. The summed E-state index contributed by atoms with van der Waals surface area (Å²) in [4.78, 5) is 7.32. The van der Waals surface area contributed by atoms with Crippen LogP contribution in [0.1, 0.15) is 43.4 Å². The second-order valence-corrected chi connectivity index (χ2v) is 6.05. The second kappa shape index (κ2) is 5.77. The maximum atomic E-state index is 5.55. The highest BCUT2D eigenvalue weighted by atomic mass is 16.4. The molecule has 6 heteroatoms. The molecule has 6 nitrogen and oxygen atoms in total. The second-order valence-electron chi connectivity index (χ2n) is 6.05. The van der Waals surface area contributed by atoms with Crippen molar-refractivity contribution in [1.29, 1.82) is 0 Å². The minimum Gasteiger partial charge on any atom is -0.424 e. The van der Waals surface area contributed by atoms with Crippen molar-refractivity contribution in [2.45, 2.75) is 45.8 Å². The summed E-state index contributed by atoms with van der Waals surface area (Å²) in [6.45, 7) is 6.67. The number of hydrogen-bond acceptors (Lipinski definition) is 5. The first-order valence-electron chi connectivity index (χ1n) is 8.24. The predicted molar refractivity (Wildman–Crippen MR) is 86.8 cm³/mol. The lowest BCUT2D eigenvalue weighted by molar-refractivity contribution is 0.212. The Kier molecular flexibility index (Phi) is 3.61. The predicted octanol–water partition coefficient (Wildman–Crippen LogP) is 3.08. The van der Waals surface area contributed by atoms with E-state index in [4.69, 9.17) is 9.40 Å². The maximum absolute atomic E-state index is 5.55. The van der Waals surface area contributed by atoms with E-state index in [9.17, 15) is 0 Å². The first-order valence-corrected chi connectivity index (χ1v) is 8.24. The van der Waals surface area contributed by atoms with Gasteiger partial charge in [-0.2, -0.15) is 0 Å². The fraction of sp³-hybridized carbons (Fsp3) is 0.471. The molecule has 0 aliphatic carbocycles. The normalized spacial score (nSPS) is 19.0. The van der Waals surface area contributed by atoms with E-state index in [1.54, 1.807) is 0 Å². The fourth-order valence-corrected chi connectivity index (χ4v) is 3.56. The highest BCUT2D eigenvalue weighted by molar-refractivity contribution is 5.76. The fourth-order valence-electron chi connectivity index (χ4n) is 3.56. The van der Waals surface area contributed by atoms with Gasteiger partial charge in [0.2, 0.25) is 11.8 Å². The van der Waals surface area contributed by atoms with Crippen LogP contribution in [0.2, 0.25) is 0 Å². The number of hydrogen-bond donors (Lipinski definition) is 0. The Balaban J connectivity index is 1.68. The number of para-hydroxylation sites is 2. The molecule has 1 saturated heterocycles. The average molecular weight is 311 g/mol. The van der Waals surface area contributed by atoms with Crippen LogP contribution in [0.25, 0.3) is 11.0 Å². The van der Waals surface area contributed by atoms with Crippen LogP contribution < -0.4 is 0 Å². The number of aromatic nitrogens is 4. The van der Waals surface area contributed by atoms with E-state index < -0.39 is 0 Å². The lowest BCUT2D eigenvalue weighted by Crippen LogP contribution is -2.25. The van der Waals surface area contributed by atoms with Crippen LogP contribution >= 0.6 is 0 Å². The van der Waals surface area contributed by atoms with Gasteiger partial charge in [0, 0.05) is 13.5 Å². The molecule has 0 radical (unpaired) electrons. The van der Waals surface area contributed by atoms with Gasteiger partial charge in [-0.05, 0) is 38.4 Å². The molecule has 1 aliphatic rings. The Bertz CT molecular complexity index is 821. The molecule has 1 aliphatic heterocycles. The van der Waals surface area contributed by atoms with Crippen LogP contribution in [0.4, 0.5) is 0 Å². The van der Waals surface area contributed by atoms with Crippen LogP contribution in [0.3, 0.4) is 0 Å². The molecule has 0 N–H and O–H groups in total. The smallest absolute Gasteiger partial charge is 0.230 e. The van der Waals surface area contributed by atoms with E-state index in [0.29, 0.717) is 24.4 Å². The van der Waals surface area contributed by atoms with Gasteiger partial charge in [-0.3, -0.25) is 4.90 Å². The molecular formula is C17H21N5O. The van der Waals surface area contributed by atoms with Crippen molar-refractivity contribution in [1.82, 2.24) is 24.6 Å². The number of aryl methyl sites for hydroxylation is 2.